The van der Waals surface area contributed by atoms with Gasteiger partial charge in [0.15, 0.2) is 6.10 Å². The lowest BCUT2D eigenvalue weighted by molar-refractivity contribution is -0.155. The molecule has 2 N–H and O–H groups in total. The lowest BCUT2D eigenvalue weighted by atomic mass is 9.96. The number of esters is 1. The Bertz CT molecular complexity index is 848. The first-order valence-electron chi connectivity index (χ1n) is 9.33. The second-order valence-electron chi connectivity index (χ2n) is 7.74. The van der Waals surface area contributed by atoms with Gasteiger partial charge in [-0.25, -0.2) is 4.79 Å². The van der Waals surface area contributed by atoms with Crippen molar-refractivity contribution in [2.75, 3.05) is 11.9 Å². The first kappa shape index (κ1) is 19.9. The average Bonchev–Trinajstić information content (AvgIpc) is 3.44. The molecule has 8 heteroatoms. The second kappa shape index (κ2) is 7.26. The third kappa shape index (κ3) is 3.85. The van der Waals surface area contributed by atoms with Crippen LogP contribution < -0.4 is 10.6 Å². The molecule has 0 radical (unpaired) electrons. The Morgan fingerprint density at radius 2 is 2.00 bits per heavy atom. The van der Waals surface area contributed by atoms with Gasteiger partial charge in [0.1, 0.15) is 12.1 Å². The van der Waals surface area contributed by atoms with Gasteiger partial charge < -0.3 is 15.4 Å². The number of amides is 4. The Labute approximate surface area is 163 Å². The lowest BCUT2D eigenvalue weighted by Crippen LogP contribution is -2.46. The number of anilines is 1. The van der Waals surface area contributed by atoms with Crippen LogP contribution in [0.25, 0.3) is 0 Å². The van der Waals surface area contributed by atoms with Crippen LogP contribution in [-0.4, -0.2) is 46.9 Å². The first-order chi connectivity index (χ1) is 13.1. The van der Waals surface area contributed by atoms with Crippen LogP contribution in [0.15, 0.2) is 18.2 Å². The van der Waals surface area contributed by atoms with Crippen LogP contribution in [0.1, 0.15) is 37.8 Å². The molecule has 3 rings (SSSR count). The number of carbonyl (C=O) groups excluding carboxylic acids is 4. The van der Waals surface area contributed by atoms with Crippen LogP contribution in [0.4, 0.5) is 10.5 Å². The molecule has 1 aromatic rings. The van der Waals surface area contributed by atoms with E-state index >= 15 is 0 Å². The molecule has 1 aromatic carbocycles. The SMILES string of the molecule is Cc1ccc(C)c(NC(=O)[C@H](C)OC(=O)CN2C(=O)N[C@](C)(C3CC3)C2=O)c1. The topological polar surface area (TPSA) is 105 Å². The number of hydrogen-bond acceptors (Lipinski definition) is 5. The van der Waals surface area contributed by atoms with Gasteiger partial charge in [0.05, 0.1) is 0 Å². The predicted molar refractivity (Wildman–Crippen MR) is 101 cm³/mol. The van der Waals surface area contributed by atoms with E-state index in [0.717, 1.165) is 28.9 Å². The van der Waals surface area contributed by atoms with Gasteiger partial charge in [-0.1, -0.05) is 12.1 Å². The highest BCUT2D eigenvalue weighted by atomic mass is 16.5. The number of hydrogen-bond donors (Lipinski definition) is 2. The van der Waals surface area contributed by atoms with Crippen LogP contribution >= 0.6 is 0 Å². The highest BCUT2D eigenvalue weighted by molar-refractivity contribution is 6.09. The Morgan fingerprint density at radius 3 is 2.64 bits per heavy atom. The van der Waals surface area contributed by atoms with Gasteiger partial charge in [-0.05, 0) is 63.6 Å². The zero-order valence-electron chi connectivity index (χ0n) is 16.5. The van der Waals surface area contributed by atoms with Crippen molar-refractivity contribution in [1.82, 2.24) is 10.2 Å². The van der Waals surface area contributed by atoms with Gasteiger partial charge in [-0.2, -0.15) is 0 Å². The number of rotatable bonds is 6. The summed E-state index contributed by atoms with van der Waals surface area (Å²) in [6.45, 7) is 6.37. The number of aryl methyl sites for hydroxylation is 2. The number of imide groups is 1. The largest absolute Gasteiger partial charge is 0.451 e. The predicted octanol–water partition coefficient (Wildman–Crippen LogP) is 1.89. The van der Waals surface area contributed by atoms with E-state index in [4.69, 9.17) is 4.74 Å². The fourth-order valence-corrected chi connectivity index (χ4v) is 3.32. The van der Waals surface area contributed by atoms with Crippen molar-refractivity contribution in [2.24, 2.45) is 5.92 Å². The normalized spacial score (nSPS) is 22.6. The molecule has 1 aliphatic heterocycles. The van der Waals surface area contributed by atoms with Crippen LogP contribution in [0.2, 0.25) is 0 Å². The minimum absolute atomic E-state index is 0.104. The third-order valence-corrected chi connectivity index (χ3v) is 5.31. The quantitative estimate of drug-likeness (QED) is 0.573. The average molecular weight is 387 g/mol. The van der Waals surface area contributed by atoms with E-state index in [1.807, 2.05) is 32.0 Å². The molecule has 0 aromatic heterocycles. The van der Waals surface area contributed by atoms with Gasteiger partial charge in [0.25, 0.3) is 11.8 Å². The van der Waals surface area contributed by atoms with Gasteiger partial charge >= 0.3 is 12.0 Å². The summed E-state index contributed by atoms with van der Waals surface area (Å²) in [4.78, 5) is 50.0. The molecule has 8 nitrogen and oxygen atoms in total. The number of benzene rings is 1. The summed E-state index contributed by atoms with van der Waals surface area (Å²) in [5, 5.41) is 5.40. The van der Waals surface area contributed by atoms with Crippen LogP contribution in [0.5, 0.6) is 0 Å². The molecule has 1 heterocycles. The molecule has 28 heavy (non-hydrogen) atoms. The monoisotopic (exact) mass is 387 g/mol. The minimum atomic E-state index is -1.07. The molecule has 2 atom stereocenters. The van der Waals surface area contributed by atoms with Gasteiger partial charge in [0, 0.05) is 5.69 Å². The number of ether oxygens (including phenoxy) is 1. The maximum atomic E-state index is 12.5. The van der Waals surface area contributed by atoms with Crippen molar-refractivity contribution in [3.63, 3.8) is 0 Å². The summed E-state index contributed by atoms with van der Waals surface area (Å²) in [6.07, 6.45) is 0.676. The molecular formula is C20H25N3O5. The molecule has 1 aliphatic carbocycles. The second-order valence-corrected chi connectivity index (χ2v) is 7.74. The molecule has 1 saturated heterocycles. The maximum absolute atomic E-state index is 12.5. The lowest BCUT2D eigenvalue weighted by Gasteiger charge is -2.21. The summed E-state index contributed by atoms with van der Waals surface area (Å²) in [5.41, 5.74) is 1.56. The summed E-state index contributed by atoms with van der Waals surface area (Å²) < 4.78 is 5.13. The first-order valence-corrected chi connectivity index (χ1v) is 9.33. The van der Waals surface area contributed by atoms with Crippen LogP contribution in [0, 0.1) is 19.8 Å². The number of urea groups is 1. The van der Waals surface area contributed by atoms with E-state index < -0.39 is 42.0 Å². The smallest absolute Gasteiger partial charge is 0.327 e. The van der Waals surface area contributed by atoms with E-state index in [-0.39, 0.29) is 5.92 Å². The molecule has 0 bridgehead atoms. The summed E-state index contributed by atoms with van der Waals surface area (Å²) >= 11 is 0. The number of nitrogens with zero attached hydrogens (tertiary/aromatic N) is 1. The van der Waals surface area contributed by atoms with Crippen molar-refractivity contribution in [3.8, 4) is 0 Å². The molecule has 150 valence electrons. The van der Waals surface area contributed by atoms with Crippen LogP contribution in [0.3, 0.4) is 0 Å². The fraction of sp³-hybridized carbons (Fsp3) is 0.500. The van der Waals surface area contributed by atoms with Crippen molar-refractivity contribution in [2.45, 2.75) is 52.2 Å². The highest BCUT2D eigenvalue weighted by Gasteiger charge is 2.56. The van der Waals surface area contributed by atoms with E-state index in [9.17, 15) is 19.2 Å². The van der Waals surface area contributed by atoms with E-state index in [1.54, 1.807) is 6.92 Å². The minimum Gasteiger partial charge on any atom is -0.451 e. The fourth-order valence-electron chi connectivity index (χ4n) is 3.32. The van der Waals surface area contributed by atoms with Crippen molar-refractivity contribution in [3.05, 3.63) is 29.3 Å². The highest BCUT2D eigenvalue weighted by Crippen LogP contribution is 2.42. The number of carbonyl (C=O) groups is 4. The van der Waals surface area contributed by atoms with E-state index in [0.29, 0.717) is 5.69 Å². The molecule has 2 fully saturated rings. The van der Waals surface area contributed by atoms with Gasteiger partial charge in [-0.3, -0.25) is 19.3 Å². The van der Waals surface area contributed by atoms with Gasteiger partial charge in [0.2, 0.25) is 0 Å². The maximum Gasteiger partial charge on any atom is 0.327 e. The number of nitrogens with one attached hydrogen (secondary N) is 2. The van der Waals surface area contributed by atoms with Crippen molar-refractivity contribution < 1.29 is 23.9 Å². The van der Waals surface area contributed by atoms with Crippen molar-refractivity contribution in [1.29, 1.82) is 0 Å². The summed E-state index contributed by atoms with van der Waals surface area (Å²) in [5.74, 6) is -1.62. The molecule has 0 spiro atoms. The Kier molecular flexibility index (Phi) is 5.14. The molecular weight excluding hydrogens is 362 g/mol. The Hall–Kier alpha value is -2.90. The zero-order valence-corrected chi connectivity index (χ0v) is 16.5. The molecule has 4 amide bonds. The Morgan fingerprint density at radius 1 is 1.32 bits per heavy atom. The van der Waals surface area contributed by atoms with E-state index in [2.05, 4.69) is 10.6 Å². The summed E-state index contributed by atoms with van der Waals surface area (Å²) in [7, 11) is 0. The molecule has 2 aliphatic rings. The van der Waals surface area contributed by atoms with Crippen LogP contribution in [-0.2, 0) is 19.1 Å². The third-order valence-electron chi connectivity index (χ3n) is 5.31. The van der Waals surface area contributed by atoms with Crippen molar-refractivity contribution >= 4 is 29.5 Å². The standard InChI is InChI=1S/C20H25N3O5/c1-11-5-6-12(2)15(9-11)21-17(25)13(3)28-16(24)10-23-18(26)20(4,14-7-8-14)22-19(23)27/h5-6,9,13-14H,7-8,10H2,1-4H3,(H,21,25)(H,22,27)/t13-,20+/m0/s1. The molecule has 0 unspecified atom stereocenters. The van der Waals surface area contributed by atoms with Gasteiger partial charge in [-0.15, -0.1) is 0 Å². The Balaban J connectivity index is 1.57. The molecule has 1 saturated carbocycles. The van der Waals surface area contributed by atoms with E-state index in [1.165, 1.54) is 6.92 Å². The zero-order chi connectivity index (χ0) is 20.6. The summed E-state index contributed by atoms with van der Waals surface area (Å²) in [6, 6.07) is 5.04.